The number of carbonyl (C=O) groups excluding carboxylic acids is 2. The molecule has 1 atom stereocenters. The van der Waals surface area contributed by atoms with Gasteiger partial charge >= 0.3 is 12.1 Å². The lowest BCUT2D eigenvalue weighted by atomic mass is 10.1. The van der Waals surface area contributed by atoms with Crippen LogP contribution in [0.3, 0.4) is 0 Å². The van der Waals surface area contributed by atoms with Crippen molar-refractivity contribution in [1.29, 1.82) is 0 Å². The summed E-state index contributed by atoms with van der Waals surface area (Å²) in [7, 11) is 0. The molecular weight excluding hydrogens is 406 g/mol. The largest absolute Gasteiger partial charge is 0.447 e. The SMILES string of the molecule is CCC(=O)O/C(=C\CCC1(C)SCCCS1)N1C(=O)OC[C@@H]1Cc1ccccc1. The van der Waals surface area contributed by atoms with Crippen LogP contribution in [0.1, 0.15) is 45.1 Å². The molecule has 2 fully saturated rings. The Hall–Kier alpha value is -1.60. The lowest BCUT2D eigenvalue weighted by molar-refractivity contribution is -0.141. The van der Waals surface area contributed by atoms with Crippen LogP contribution in [0.25, 0.3) is 0 Å². The van der Waals surface area contributed by atoms with Crippen LogP contribution in [0.4, 0.5) is 4.79 Å². The normalized spacial score (nSPS) is 21.7. The van der Waals surface area contributed by atoms with E-state index in [0.717, 1.165) is 18.4 Å². The van der Waals surface area contributed by atoms with Crippen LogP contribution in [0.15, 0.2) is 42.3 Å². The van der Waals surface area contributed by atoms with Crippen molar-refractivity contribution in [3.8, 4) is 0 Å². The fourth-order valence-corrected chi connectivity index (χ4v) is 6.41. The molecule has 0 radical (unpaired) electrons. The van der Waals surface area contributed by atoms with Gasteiger partial charge in [-0.15, -0.1) is 23.5 Å². The van der Waals surface area contributed by atoms with Gasteiger partial charge in [-0.05, 0) is 55.8 Å². The minimum absolute atomic E-state index is 0.170. The van der Waals surface area contributed by atoms with Gasteiger partial charge in [0.15, 0.2) is 0 Å². The quantitative estimate of drug-likeness (QED) is 0.413. The van der Waals surface area contributed by atoms with E-state index in [2.05, 4.69) is 6.92 Å². The zero-order valence-corrected chi connectivity index (χ0v) is 18.7. The monoisotopic (exact) mass is 435 g/mol. The summed E-state index contributed by atoms with van der Waals surface area (Å²) >= 11 is 3.98. The highest BCUT2D eigenvalue weighted by Crippen LogP contribution is 2.45. The molecule has 3 rings (SSSR count). The standard InChI is InChI=1S/C22H29NO4S2/c1-3-20(24)27-19(11-7-12-22(2)28-13-8-14-29-22)23-18(16-26-21(23)25)15-17-9-5-4-6-10-17/h4-6,9-11,18H,3,7-8,12-16H2,1-2H3/b19-11-/t18-/m0/s1. The first-order valence-electron chi connectivity index (χ1n) is 10.2. The Morgan fingerprint density at radius 1 is 1.31 bits per heavy atom. The summed E-state index contributed by atoms with van der Waals surface area (Å²) in [5.74, 6) is 2.34. The topological polar surface area (TPSA) is 55.8 Å². The van der Waals surface area contributed by atoms with Gasteiger partial charge in [0.05, 0.1) is 10.1 Å². The second-order valence-corrected chi connectivity index (χ2v) is 10.8. The molecule has 1 amide bonds. The van der Waals surface area contributed by atoms with Gasteiger partial charge in [-0.25, -0.2) is 9.69 Å². The molecule has 0 saturated carbocycles. The third-order valence-electron chi connectivity index (χ3n) is 5.04. The molecule has 0 aliphatic carbocycles. The third-order valence-corrected chi connectivity index (χ3v) is 8.36. The zero-order chi connectivity index (χ0) is 20.7. The van der Waals surface area contributed by atoms with E-state index in [1.54, 1.807) is 6.92 Å². The van der Waals surface area contributed by atoms with E-state index in [-0.39, 0.29) is 29.1 Å². The molecule has 7 heteroatoms. The van der Waals surface area contributed by atoms with Crippen molar-refractivity contribution in [1.82, 2.24) is 4.90 Å². The van der Waals surface area contributed by atoms with Gasteiger partial charge in [-0.1, -0.05) is 37.3 Å². The van der Waals surface area contributed by atoms with Crippen LogP contribution in [0, 0.1) is 0 Å². The predicted octanol–water partition coefficient (Wildman–Crippen LogP) is 5.21. The molecule has 0 unspecified atom stereocenters. The van der Waals surface area contributed by atoms with Crippen LogP contribution in [-0.2, 0) is 20.7 Å². The number of thioether (sulfide) groups is 2. The minimum atomic E-state index is -0.450. The summed E-state index contributed by atoms with van der Waals surface area (Å²) in [5.41, 5.74) is 1.12. The van der Waals surface area contributed by atoms with Crippen molar-refractivity contribution in [2.24, 2.45) is 0 Å². The van der Waals surface area contributed by atoms with E-state index >= 15 is 0 Å². The van der Waals surface area contributed by atoms with E-state index in [1.807, 2.05) is 59.9 Å². The van der Waals surface area contributed by atoms with Crippen molar-refractivity contribution in [3.05, 3.63) is 47.9 Å². The molecule has 2 aliphatic heterocycles. The van der Waals surface area contributed by atoms with E-state index in [9.17, 15) is 9.59 Å². The second-order valence-electron chi connectivity index (χ2n) is 7.38. The Bertz CT molecular complexity index is 732. The lowest BCUT2D eigenvalue weighted by Crippen LogP contribution is -2.36. The third kappa shape index (κ3) is 6.19. The number of hydrogen-bond acceptors (Lipinski definition) is 6. The smallest absolute Gasteiger partial charge is 0.417 e. The first-order chi connectivity index (χ1) is 14.0. The van der Waals surface area contributed by atoms with Crippen molar-refractivity contribution < 1.29 is 19.1 Å². The summed E-state index contributed by atoms with van der Waals surface area (Å²) in [6, 6.07) is 9.79. The Morgan fingerprint density at radius 2 is 2.03 bits per heavy atom. The van der Waals surface area contributed by atoms with Gasteiger partial charge in [0, 0.05) is 6.42 Å². The number of carbonyl (C=O) groups is 2. The first-order valence-corrected chi connectivity index (χ1v) is 12.2. The molecule has 0 spiro atoms. The highest BCUT2D eigenvalue weighted by molar-refractivity contribution is 8.18. The number of nitrogens with zero attached hydrogens (tertiary/aromatic N) is 1. The molecule has 1 aromatic rings. The maximum atomic E-state index is 12.5. The van der Waals surface area contributed by atoms with Crippen molar-refractivity contribution in [2.75, 3.05) is 18.1 Å². The number of ether oxygens (including phenoxy) is 2. The Morgan fingerprint density at radius 3 is 2.72 bits per heavy atom. The highest BCUT2D eigenvalue weighted by Gasteiger charge is 2.37. The number of rotatable bonds is 8. The van der Waals surface area contributed by atoms with Gasteiger partial charge in [-0.3, -0.25) is 4.79 Å². The van der Waals surface area contributed by atoms with Crippen LogP contribution < -0.4 is 0 Å². The minimum Gasteiger partial charge on any atom is -0.447 e. The van der Waals surface area contributed by atoms with Crippen molar-refractivity contribution in [2.45, 2.75) is 56.1 Å². The average molecular weight is 436 g/mol. The van der Waals surface area contributed by atoms with E-state index in [0.29, 0.717) is 12.3 Å². The molecule has 1 aromatic carbocycles. The van der Waals surface area contributed by atoms with Crippen molar-refractivity contribution >= 4 is 35.6 Å². The molecular formula is C22H29NO4S2. The van der Waals surface area contributed by atoms with Crippen molar-refractivity contribution in [3.63, 3.8) is 0 Å². The number of esters is 1. The van der Waals surface area contributed by atoms with Crippen LogP contribution in [0.2, 0.25) is 0 Å². The summed E-state index contributed by atoms with van der Waals surface area (Å²) in [6.45, 7) is 4.31. The maximum absolute atomic E-state index is 12.5. The fourth-order valence-electron chi connectivity index (χ4n) is 3.42. The summed E-state index contributed by atoms with van der Waals surface area (Å²) in [4.78, 5) is 26.0. The number of hydrogen-bond donors (Lipinski definition) is 0. The van der Waals surface area contributed by atoms with Gasteiger partial charge in [-0.2, -0.15) is 0 Å². The highest BCUT2D eigenvalue weighted by atomic mass is 32.2. The van der Waals surface area contributed by atoms with E-state index < -0.39 is 6.09 Å². The molecule has 0 aromatic heterocycles. The van der Waals surface area contributed by atoms with Crippen LogP contribution in [0.5, 0.6) is 0 Å². The Labute approximate surface area is 181 Å². The summed E-state index contributed by atoms with van der Waals surface area (Å²) in [6.07, 6.45) is 5.30. The molecule has 2 saturated heterocycles. The molecule has 29 heavy (non-hydrogen) atoms. The molecule has 158 valence electrons. The number of amides is 1. The van der Waals surface area contributed by atoms with Gasteiger partial charge in [0.1, 0.15) is 6.61 Å². The van der Waals surface area contributed by atoms with E-state index in [1.165, 1.54) is 22.8 Å². The molecule has 0 bridgehead atoms. The molecule has 2 heterocycles. The maximum Gasteiger partial charge on any atom is 0.417 e. The predicted molar refractivity (Wildman–Crippen MR) is 119 cm³/mol. The molecule has 5 nitrogen and oxygen atoms in total. The van der Waals surface area contributed by atoms with Crippen LogP contribution >= 0.6 is 23.5 Å². The number of benzene rings is 1. The van der Waals surface area contributed by atoms with Gasteiger partial charge in [0.25, 0.3) is 0 Å². The lowest BCUT2D eigenvalue weighted by Gasteiger charge is -2.32. The van der Waals surface area contributed by atoms with Crippen LogP contribution in [-0.4, -0.2) is 45.2 Å². The van der Waals surface area contributed by atoms with Gasteiger partial charge < -0.3 is 9.47 Å². The Kier molecular flexibility index (Phi) is 7.95. The molecule has 2 aliphatic rings. The second kappa shape index (κ2) is 10.4. The zero-order valence-electron chi connectivity index (χ0n) is 17.1. The Balaban J connectivity index is 1.74. The number of cyclic esters (lactones) is 1. The van der Waals surface area contributed by atoms with E-state index in [4.69, 9.17) is 9.47 Å². The summed E-state index contributed by atoms with van der Waals surface area (Å²) < 4.78 is 11.1. The number of allylic oxidation sites excluding steroid dienone is 1. The molecule has 0 N–H and O–H groups in total. The summed E-state index contributed by atoms with van der Waals surface area (Å²) in [5, 5.41) is 0. The average Bonchev–Trinajstić information content (AvgIpc) is 3.08. The first kappa shape index (κ1) is 22.1. The van der Waals surface area contributed by atoms with Gasteiger partial charge in [0.2, 0.25) is 5.88 Å². The fraction of sp³-hybridized carbons (Fsp3) is 0.545.